The number of hydrogen-bond acceptors (Lipinski definition) is 3. The van der Waals surface area contributed by atoms with E-state index in [9.17, 15) is 0 Å². The summed E-state index contributed by atoms with van der Waals surface area (Å²) >= 11 is 1.63. The third kappa shape index (κ3) is 1.31. The van der Waals surface area contributed by atoms with Crippen LogP contribution in [0.25, 0.3) is 16.2 Å². The van der Waals surface area contributed by atoms with Gasteiger partial charge in [-0.05, 0) is 12.1 Å². The van der Waals surface area contributed by atoms with Gasteiger partial charge in [0.15, 0.2) is 4.96 Å². The Morgan fingerprint density at radius 1 is 1.31 bits per heavy atom. The van der Waals surface area contributed by atoms with Crippen LogP contribution in [0.5, 0.6) is 5.75 Å². The minimum atomic E-state index is 0.885. The number of rotatable bonds is 2. The number of aromatic nitrogens is 2. The highest BCUT2D eigenvalue weighted by atomic mass is 32.1. The summed E-state index contributed by atoms with van der Waals surface area (Å²) < 4.78 is 7.44. The molecule has 0 radical (unpaired) electrons. The lowest BCUT2D eigenvalue weighted by atomic mass is 10.1. The molecule has 3 aromatic rings. The van der Waals surface area contributed by atoms with E-state index in [0.29, 0.717) is 0 Å². The summed E-state index contributed by atoms with van der Waals surface area (Å²) in [5.74, 6) is 0.885. The number of nitrogens with zero attached hydrogens (tertiary/aromatic N) is 2. The van der Waals surface area contributed by atoms with Crippen molar-refractivity contribution in [2.45, 2.75) is 0 Å². The van der Waals surface area contributed by atoms with E-state index in [1.165, 1.54) is 0 Å². The molecule has 0 saturated carbocycles. The van der Waals surface area contributed by atoms with Crippen LogP contribution in [0.15, 0.2) is 42.0 Å². The number of imidazole rings is 1. The molecule has 16 heavy (non-hydrogen) atoms. The van der Waals surface area contributed by atoms with Crippen molar-refractivity contribution in [1.82, 2.24) is 9.38 Å². The summed E-state index contributed by atoms with van der Waals surface area (Å²) in [6.07, 6.45) is 3.78. The van der Waals surface area contributed by atoms with Crippen molar-refractivity contribution in [1.29, 1.82) is 0 Å². The van der Waals surface area contributed by atoms with E-state index < -0.39 is 0 Å². The van der Waals surface area contributed by atoms with Gasteiger partial charge in [0.1, 0.15) is 5.75 Å². The van der Waals surface area contributed by atoms with E-state index in [4.69, 9.17) is 4.74 Å². The van der Waals surface area contributed by atoms with Crippen LogP contribution in [0, 0.1) is 0 Å². The monoisotopic (exact) mass is 230 g/mol. The average Bonchev–Trinajstić information content (AvgIpc) is 2.91. The van der Waals surface area contributed by atoms with Crippen molar-refractivity contribution >= 4 is 16.3 Å². The summed E-state index contributed by atoms with van der Waals surface area (Å²) in [5, 5.41) is 2.10. The van der Waals surface area contributed by atoms with Gasteiger partial charge >= 0.3 is 0 Å². The van der Waals surface area contributed by atoms with Crippen LogP contribution in [0.1, 0.15) is 0 Å². The fourth-order valence-electron chi connectivity index (χ4n) is 1.78. The molecule has 0 N–H and O–H groups in total. The SMILES string of the molecule is COc1ccccc1-c1csc2nccn12. The van der Waals surface area contributed by atoms with Crippen molar-refractivity contribution < 1.29 is 4.74 Å². The average molecular weight is 230 g/mol. The van der Waals surface area contributed by atoms with Crippen LogP contribution < -0.4 is 4.74 Å². The first-order valence-electron chi connectivity index (χ1n) is 4.94. The minimum absolute atomic E-state index is 0.885. The van der Waals surface area contributed by atoms with Crippen molar-refractivity contribution in [2.75, 3.05) is 7.11 Å². The van der Waals surface area contributed by atoms with E-state index in [0.717, 1.165) is 22.0 Å². The summed E-state index contributed by atoms with van der Waals surface area (Å²) in [5.41, 5.74) is 2.21. The highest BCUT2D eigenvalue weighted by Gasteiger charge is 2.10. The molecule has 0 aliphatic carbocycles. The largest absolute Gasteiger partial charge is 0.496 e. The van der Waals surface area contributed by atoms with E-state index in [1.54, 1.807) is 18.4 Å². The van der Waals surface area contributed by atoms with Gasteiger partial charge in [0.2, 0.25) is 0 Å². The molecule has 3 rings (SSSR count). The number of hydrogen-bond donors (Lipinski definition) is 0. The molecule has 2 aromatic heterocycles. The topological polar surface area (TPSA) is 26.5 Å². The van der Waals surface area contributed by atoms with Gasteiger partial charge in [0, 0.05) is 23.3 Å². The van der Waals surface area contributed by atoms with Gasteiger partial charge in [0.25, 0.3) is 0 Å². The number of benzene rings is 1. The van der Waals surface area contributed by atoms with Crippen molar-refractivity contribution in [3.8, 4) is 17.0 Å². The molecular weight excluding hydrogens is 220 g/mol. The van der Waals surface area contributed by atoms with Crippen molar-refractivity contribution in [2.24, 2.45) is 0 Å². The molecule has 80 valence electrons. The lowest BCUT2D eigenvalue weighted by Gasteiger charge is -2.06. The molecule has 0 atom stereocenters. The molecule has 4 heteroatoms. The number of fused-ring (bicyclic) bond motifs is 1. The van der Waals surface area contributed by atoms with Gasteiger partial charge in [-0.25, -0.2) is 4.98 Å². The molecule has 2 heterocycles. The molecule has 0 fully saturated rings. The molecule has 0 bridgehead atoms. The van der Waals surface area contributed by atoms with Gasteiger partial charge in [-0.15, -0.1) is 11.3 Å². The Morgan fingerprint density at radius 3 is 3.06 bits per heavy atom. The van der Waals surface area contributed by atoms with Crippen LogP contribution in [-0.2, 0) is 0 Å². The number of thiazole rings is 1. The Balaban J connectivity index is 2.27. The van der Waals surface area contributed by atoms with E-state index in [-0.39, 0.29) is 0 Å². The Hall–Kier alpha value is -1.81. The fraction of sp³-hybridized carbons (Fsp3) is 0.0833. The Kier molecular flexibility index (Phi) is 2.15. The molecule has 0 aliphatic rings. The molecule has 0 aliphatic heterocycles. The maximum atomic E-state index is 5.37. The molecule has 0 amide bonds. The first kappa shape index (κ1) is 9.42. The number of ether oxygens (including phenoxy) is 1. The molecule has 0 saturated heterocycles. The minimum Gasteiger partial charge on any atom is -0.496 e. The highest BCUT2D eigenvalue weighted by Crippen LogP contribution is 2.32. The third-order valence-corrected chi connectivity index (χ3v) is 3.38. The molecule has 0 spiro atoms. The predicted molar refractivity (Wildman–Crippen MR) is 65.1 cm³/mol. The summed E-state index contributed by atoms with van der Waals surface area (Å²) in [6.45, 7) is 0. The van der Waals surface area contributed by atoms with Gasteiger partial charge in [-0.2, -0.15) is 0 Å². The van der Waals surface area contributed by atoms with Crippen molar-refractivity contribution in [3.63, 3.8) is 0 Å². The lowest BCUT2D eigenvalue weighted by molar-refractivity contribution is 0.416. The zero-order valence-corrected chi connectivity index (χ0v) is 9.57. The van der Waals surface area contributed by atoms with Gasteiger partial charge in [-0.3, -0.25) is 4.40 Å². The van der Waals surface area contributed by atoms with E-state index in [2.05, 4.69) is 20.8 Å². The normalized spacial score (nSPS) is 10.8. The fourth-order valence-corrected chi connectivity index (χ4v) is 2.63. The molecule has 1 aromatic carbocycles. The first-order valence-corrected chi connectivity index (χ1v) is 5.82. The van der Waals surface area contributed by atoms with Crippen LogP contribution in [-0.4, -0.2) is 16.5 Å². The second-order valence-corrected chi connectivity index (χ2v) is 4.24. The third-order valence-electron chi connectivity index (χ3n) is 2.53. The Labute approximate surface area is 96.9 Å². The second-order valence-electron chi connectivity index (χ2n) is 3.40. The zero-order valence-electron chi connectivity index (χ0n) is 8.75. The maximum Gasteiger partial charge on any atom is 0.194 e. The van der Waals surface area contributed by atoms with Gasteiger partial charge in [0.05, 0.1) is 12.8 Å². The summed E-state index contributed by atoms with van der Waals surface area (Å²) in [6, 6.07) is 8.01. The predicted octanol–water partition coefficient (Wildman–Crippen LogP) is 3.07. The number of para-hydroxylation sites is 1. The molecule has 3 nitrogen and oxygen atoms in total. The van der Waals surface area contributed by atoms with Gasteiger partial charge < -0.3 is 4.74 Å². The van der Waals surface area contributed by atoms with E-state index in [1.807, 2.05) is 30.6 Å². The van der Waals surface area contributed by atoms with Crippen LogP contribution in [0.2, 0.25) is 0 Å². The standard InChI is InChI=1S/C12H10N2OS/c1-15-11-5-3-2-4-9(11)10-8-16-12-13-6-7-14(10)12/h2-8H,1H3. The van der Waals surface area contributed by atoms with Crippen LogP contribution in [0.4, 0.5) is 0 Å². The van der Waals surface area contributed by atoms with Crippen LogP contribution in [0.3, 0.4) is 0 Å². The van der Waals surface area contributed by atoms with Crippen LogP contribution >= 0.6 is 11.3 Å². The smallest absolute Gasteiger partial charge is 0.194 e. The Bertz CT molecular complexity index is 627. The number of methoxy groups -OCH3 is 1. The van der Waals surface area contributed by atoms with E-state index >= 15 is 0 Å². The lowest BCUT2D eigenvalue weighted by Crippen LogP contribution is -1.89. The second kappa shape index (κ2) is 3.64. The van der Waals surface area contributed by atoms with Gasteiger partial charge in [-0.1, -0.05) is 12.1 Å². The maximum absolute atomic E-state index is 5.37. The quantitative estimate of drug-likeness (QED) is 0.676. The van der Waals surface area contributed by atoms with Crippen molar-refractivity contribution in [3.05, 3.63) is 42.0 Å². The summed E-state index contributed by atoms with van der Waals surface area (Å²) in [7, 11) is 1.69. The Morgan fingerprint density at radius 2 is 2.19 bits per heavy atom. The molecule has 0 unspecified atom stereocenters. The first-order chi connectivity index (χ1) is 7.90. The highest BCUT2D eigenvalue weighted by molar-refractivity contribution is 7.15. The zero-order chi connectivity index (χ0) is 11.0. The molecular formula is C12H10N2OS. The summed E-state index contributed by atoms with van der Waals surface area (Å²) in [4.78, 5) is 5.26.